The van der Waals surface area contributed by atoms with E-state index in [0.717, 1.165) is 22.2 Å². The molecule has 4 aromatic rings. The van der Waals surface area contributed by atoms with E-state index in [4.69, 9.17) is 38.2 Å². The number of aromatic amines is 1. The fourth-order valence-electron chi connectivity index (χ4n) is 6.16. The van der Waals surface area contributed by atoms with Crippen molar-refractivity contribution in [3.8, 4) is 0 Å². The summed E-state index contributed by atoms with van der Waals surface area (Å²) in [6.07, 6.45) is 1.05. The number of ether oxygens (including phenoxy) is 1. The molecule has 15 heteroatoms. The number of alkyl carbamates (subject to hydrolysis) is 1. The van der Waals surface area contributed by atoms with Crippen LogP contribution in [-0.4, -0.2) is 50.5 Å². The first-order valence-corrected chi connectivity index (χ1v) is 17.3. The molecule has 0 spiro atoms. The molecule has 0 radical (unpaired) electrons. The van der Waals surface area contributed by atoms with Crippen LogP contribution in [0, 0.1) is 11.8 Å². The zero-order valence-electron chi connectivity index (χ0n) is 28.3. The SMILES string of the molecule is CC[C@H](C)C(NC(=O)OCc1ccccc1)C(=O)N[C@]1(C(=O)NC(c2nc(C(N)=O)no2)[C@@H](C)CC)CCc2[nH]c3c(Cl)cc(Cl)cc3c2C1. The number of fused-ring (bicyclic) bond motifs is 3. The van der Waals surface area contributed by atoms with Gasteiger partial charge in [-0.2, -0.15) is 4.98 Å². The number of nitrogens with two attached hydrogens (primary N) is 1. The lowest BCUT2D eigenvalue weighted by Crippen LogP contribution is -2.65. The molecule has 1 aliphatic carbocycles. The highest BCUT2D eigenvalue weighted by atomic mass is 35.5. The van der Waals surface area contributed by atoms with Crippen LogP contribution >= 0.6 is 23.2 Å². The average Bonchev–Trinajstić information content (AvgIpc) is 3.74. The van der Waals surface area contributed by atoms with Crippen molar-refractivity contribution in [2.24, 2.45) is 17.6 Å². The normalized spacial score (nSPS) is 18.0. The van der Waals surface area contributed by atoms with E-state index in [1.807, 2.05) is 58.0 Å². The van der Waals surface area contributed by atoms with Crippen LogP contribution in [0.1, 0.15) is 86.3 Å². The fourth-order valence-corrected chi connectivity index (χ4v) is 6.70. The van der Waals surface area contributed by atoms with Crippen molar-refractivity contribution in [3.63, 3.8) is 0 Å². The van der Waals surface area contributed by atoms with Gasteiger partial charge in [-0.15, -0.1) is 0 Å². The minimum Gasteiger partial charge on any atom is -0.445 e. The van der Waals surface area contributed by atoms with Gasteiger partial charge in [-0.1, -0.05) is 99.2 Å². The van der Waals surface area contributed by atoms with Gasteiger partial charge in [0.05, 0.1) is 10.5 Å². The Morgan fingerprint density at radius 2 is 1.78 bits per heavy atom. The van der Waals surface area contributed by atoms with E-state index in [2.05, 4.69) is 31.1 Å². The molecule has 266 valence electrons. The molecule has 6 N–H and O–H groups in total. The molecule has 2 aromatic heterocycles. The van der Waals surface area contributed by atoms with Crippen LogP contribution in [0.2, 0.25) is 10.0 Å². The molecule has 2 unspecified atom stereocenters. The predicted molar refractivity (Wildman–Crippen MR) is 187 cm³/mol. The van der Waals surface area contributed by atoms with Crippen molar-refractivity contribution >= 4 is 57.9 Å². The minimum atomic E-state index is -1.51. The summed E-state index contributed by atoms with van der Waals surface area (Å²) in [5.74, 6) is -2.79. The molecule has 0 aliphatic heterocycles. The van der Waals surface area contributed by atoms with E-state index in [-0.39, 0.29) is 43.0 Å². The largest absolute Gasteiger partial charge is 0.445 e. The van der Waals surface area contributed by atoms with E-state index >= 15 is 0 Å². The summed E-state index contributed by atoms with van der Waals surface area (Å²) in [5.41, 5.74) is 6.96. The van der Waals surface area contributed by atoms with Gasteiger partial charge in [-0.25, -0.2) is 4.79 Å². The Morgan fingerprint density at radius 1 is 1.06 bits per heavy atom. The van der Waals surface area contributed by atoms with Gasteiger partial charge in [0.1, 0.15) is 24.2 Å². The van der Waals surface area contributed by atoms with Crippen LogP contribution in [0.15, 0.2) is 47.0 Å². The summed E-state index contributed by atoms with van der Waals surface area (Å²) in [6, 6.07) is 10.7. The van der Waals surface area contributed by atoms with E-state index in [0.29, 0.717) is 34.8 Å². The summed E-state index contributed by atoms with van der Waals surface area (Å²) >= 11 is 12.9. The second-order valence-electron chi connectivity index (χ2n) is 12.9. The van der Waals surface area contributed by atoms with Crippen LogP contribution in [0.4, 0.5) is 4.79 Å². The molecule has 50 heavy (non-hydrogen) atoms. The summed E-state index contributed by atoms with van der Waals surface area (Å²) < 4.78 is 10.8. The number of H-pyrrole nitrogens is 1. The predicted octanol–water partition coefficient (Wildman–Crippen LogP) is 5.55. The van der Waals surface area contributed by atoms with Gasteiger partial charge < -0.3 is 35.9 Å². The lowest BCUT2D eigenvalue weighted by Gasteiger charge is -2.39. The molecular formula is C35H41Cl2N7O6. The van der Waals surface area contributed by atoms with Gasteiger partial charge >= 0.3 is 6.09 Å². The van der Waals surface area contributed by atoms with Crippen molar-refractivity contribution in [1.29, 1.82) is 0 Å². The first-order valence-electron chi connectivity index (χ1n) is 16.6. The van der Waals surface area contributed by atoms with E-state index in [1.165, 1.54) is 0 Å². The molecule has 4 amide bonds. The second kappa shape index (κ2) is 15.5. The zero-order chi connectivity index (χ0) is 36.2. The van der Waals surface area contributed by atoms with Crippen LogP contribution in [0.3, 0.4) is 0 Å². The second-order valence-corrected chi connectivity index (χ2v) is 13.7. The molecule has 0 saturated heterocycles. The molecule has 13 nitrogen and oxygen atoms in total. The summed E-state index contributed by atoms with van der Waals surface area (Å²) in [5, 5.41) is 14.0. The highest BCUT2D eigenvalue weighted by Gasteiger charge is 2.47. The van der Waals surface area contributed by atoms with E-state index in [1.54, 1.807) is 12.1 Å². The van der Waals surface area contributed by atoms with Crippen LogP contribution < -0.4 is 21.7 Å². The number of primary amides is 1. The number of hydrogen-bond donors (Lipinski definition) is 5. The zero-order valence-corrected chi connectivity index (χ0v) is 29.8. The summed E-state index contributed by atoms with van der Waals surface area (Å²) in [6.45, 7) is 7.57. The third kappa shape index (κ3) is 7.89. The van der Waals surface area contributed by atoms with Gasteiger partial charge in [0.15, 0.2) is 0 Å². The van der Waals surface area contributed by atoms with Crippen molar-refractivity contribution in [3.05, 3.63) is 81.0 Å². The number of hydrogen-bond acceptors (Lipinski definition) is 8. The van der Waals surface area contributed by atoms with E-state index in [9.17, 15) is 19.2 Å². The number of carbonyl (C=O) groups is 4. The molecule has 0 saturated carbocycles. The number of nitrogens with zero attached hydrogens (tertiary/aromatic N) is 2. The summed E-state index contributed by atoms with van der Waals surface area (Å²) in [7, 11) is 0. The third-order valence-electron chi connectivity index (χ3n) is 9.51. The van der Waals surface area contributed by atoms with Gasteiger partial charge in [0, 0.05) is 22.5 Å². The Balaban J connectivity index is 1.49. The lowest BCUT2D eigenvalue weighted by atomic mass is 9.78. The maximum absolute atomic E-state index is 14.7. The Kier molecular flexibility index (Phi) is 11.4. The molecule has 5 rings (SSSR count). The highest BCUT2D eigenvalue weighted by Crippen LogP contribution is 2.39. The van der Waals surface area contributed by atoms with Gasteiger partial charge in [0.25, 0.3) is 11.7 Å². The molecule has 1 aliphatic rings. The highest BCUT2D eigenvalue weighted by molar-refractivity contribution is 6.38. The van der Waals surface area contributed by atoms with Gasteiger partial charge in [-0.3, -0.25) is 14.4 Å². The Morgan fingerprint density at radius 3 is 2.44 bits per heavy atom. The van der Waals surface area contributed by atoms with Gasteiger partial charge in [-0.05, 0) is 47.9 Å². The standard InChI is InChI=1S/C35H41Cl2N7O6/c1-5-18(3)26(41-34(48)49-17-20-10-8-7-9-11-20)31(46)43-35(13-12-25-23(16-35)22-14-21(36)15-24(37)28(22)39-25)33(47)40-27(19(4)6-2)32-42-30(29(38)45)44-50-32/h7-11,14-15,18-19,26-27,39H,5-6,12-13,16-17H2,1-4H3,(H2,38,45)(H,40,47)(H,41,48)(H,43,46)/t18-,19-,26?,27?,35+/m0/s1. The molecular weight excluding hydrogens is 685 g/mol. The van der Waals surface area contributed by atoms with Crippen LogP contribution in [0.5, 0.6) is 0 Å². The molecule has 0 fully saturated rings. The average molecular weight is 727 g/mol. The number of nitrogens with one attached hydrogen (secondary N) is 4. The van der Waals surface area contributed by atoms with Gasteiger partial charge in [0.2, 0.25) is 17.7 Å². The number of rotatable bonds is 13. The number of aromatic nitrogens is 3. The maximum Gasteiger partial charge on any atom is 0.408 e. The summed E-state index contributed by atoms with van der Waals surface area (Å²) in [4.78, 5) is 61.2. The van der Waals surface area contributed by atoms with Crippen LogP contribution in [0.25, 0.3) is 10.9 Å². The first kappa shape index (κ1) is 36.7. The Labute approximate surface area is 299 Å². The van der Waals surface area contributed by atoms with Crippen molar-refractivity contribution in [2.75, 3.05) is 0 Å². The topological polar surface area (TPSA) is 194 Å². The first-order chi connectivity index (χ1) is 23.8. The molecule has 2 heterocycles. The number of amides is 4. The Hall–Kier alpha value is -4.62. The van der Waals surface area contributed by atoms with Crippen molar-refractivity contribution < 1.29 is 28.4 Å². The monoisotopic (exact) mass is 725 g/mol. The van der Waals surface area contributed by atoms with Crippen LogP contribution in [-0.2, 0) is 33.8 Å². The molecule has 2 aromatic carbocycles. The Bertz CT molecular complexity index is 1880. The van der Waals surface area contributed by atoms with E-state index < -0.39 is 41.4 Å². The lowest BCUT2D eigenvalue weighted by molar-refractivity contribution is -0.136. The molecule has 0 bridgehead atoms. The third-order valence-corrected chi connectivity index (χ3v) is 10.0. The maximum atomic E-state index is 14.7. The number of halogens is 2. The minimum absolute atomic E-state index is 0.00504. The number of benzene rings is 2. The van der Waals surface area contributed by atoms with Crippen molar-refractivity contribution in [2.45, 2.75) is 84.0 Å². The van der Waals surface area contributed by atoms with Crippen molar-refractivity contribution in [1.82, 2.24) is 31.1 Å². The molecule has 5 atom stereocenters. The smallest absolute Gasteiger partial charge is 0.408 e. The number of carbonyl (C=O) groups excluding carboxylic acids is 4. The quantitative estimate of drug-likeness (QED) is 0.118. The fraction of sp³-hybridized carbons (Fsp3) is 0.429. The number of aryl methyl sites for hydroxylation is 1.